The van der Waals surface area contributed by atoms with Crippen LogP contribution in [-0.2, 0) is 9.53 Å². The molecule has 0 spiro atoms. The third-order valence-corrected chi connectivity index (χ3v) is 6.14. The number of rotatable bonds is 4. The molecule has 1 atom stereocenters. The van der Waals surface area contributed by atoms with Crippen molar-refractivity contribution in [2.45, 2.75) is 30.2 Å². The predicted molar refractivity (Wildman–Crippen MR) is 101 cm³/mol. The van der Waals surface area contributed by atoms with Crippen LogP contribution >= 0.6 is 35.8 Å². The maximum absolute atomic E-state index is 13.0. The van der Waals surface area contributed by atoms with E-state index in [0.29, 0.717) is 6.61 Å². The van der Waals surface area contributed by atoms with Crippen molar-refractivity contribution in [3.63, 3.8) is 0 Å². The van der Waals surface area contributed by atoms with Gasteiger partial charge in [-0.3, -0.25) is 4.79 Å². The van der Waals surface area contributed by atoms with Crippen molar-refractivity contribution in [1.29, 1.82) is 0 Å². The van der Waals surface area contributed by atoms with E-state index in [1.165, 1.54) is 4.90 Å². The molecule has 1 unspecified atom stereocenters. The topological polar surface area (TPSA) is 50.4 Å². The summed E-state index contributed by atoms with van der Waals surface area (Å²) in [6, 6.07) is 5.99. The lowest BCUT2D eigenvalue weighted by molar-refractivity contribution is -0.137. The lowest BCUT2D eigenvalue weighted by atomic mass is 9.78. The number of piperidine rings is 1. The molecule has 2 aliphatic heterocycles. The Labute approximate surface area is 158 Å². The molecule has 1 amide bonds. The number of halogens is 2. The molecule has 0 aliphatic carbocycles. The quantitative estimate of drug-likeness (QED) is 0.826. The zero-order chi connectivity index (χ0) is 16.3. The fourth-order valence-corrected chi connectivity index (χ4v) is 4.73. The highest BCUT2D eigenvalue weighted by atomic mass is 35.5. The van der Waals surface area contributed by atoms with Crippen LogP contribution in [0.1, 0.15) is 30.9 Å². The third kappa shape index (κ3) is 4.20. The van der Waals surface area contributed by atoms with Crippen molar-refractivity contribution >= 4 is 41.7 Å². The van der Waals surface area contributed by atoms with Gasteiger partial charge in [-0.2, -0.15) is 0 Å². The van der Waals surface area contributed by atoms with Gasteiger partial charge in [-0.1, -0.05) is 11.6 Å². The number of thioether (sulfide) groups is 1. The second-order valence-electron chi connectivity index (χ2n) is 6.31. The normalized spacial score (nSPS) is 22.2. The van der Waals surface area contributed by atoms with Gasteiger partial charge in [-0.25, -0.2) is 0 Å². The molecular weight excluding hydrogens is 367 g/mol. The van der Waals surface area contributed by atoms with E-state index >= 15 is 0 Å². The minimum absolute atomic E-state index is 0. The first-order chi connectivity index (χ1) is 11.1. The first-order valence-electron chi connectivity index (χ1n) is 8.07. The molecule has 7 heteroatoms. The second-order valence-corrected chi connectivity index (χ2v) is 7.88. The van der Waals surface area contributed by atoms with E-state index in [-0.39, 0.29) is 24.4 Å². The number of amides is 1. The summed E-state index contributed by atoms with van der Waals surface area (Å²) in [5, 5.41) is 7.32. The van der Waals surface area contributed by atoms with Gasteiger partial charge in [-0.05, 0) is 56.1 Å². The molecule has 3 rings (SSSR count). The number of hydrogen-bond donors (Lipinski definition) is 2. The van der Waals surface area contributed by atoms with E-state index in [2.05, 4.69) is 16.7 Å². The van der Waals surface area contributed by atoms with E-state index in [4.69, 9.17) is 16.3 Å². The molecule has 1 saturated heterocycles. The number of nitrogens with one attached hydrogen (secondary N) is 2. The molecule has 0 saturated carbocycles. The number of carbonyl (C=O) groups is 1. The average molecular weight is 391 g/mol. The Balaban J connectivity index is 0.00000208. The molecular formula is C17H24Cl2N2O2S. The summed E-state index contributed by atoms with van der Waals surface area (Å²) < 4.78 is 5.37. The van der Waals surface area contributed by atoms with Crippen LogP contribution in [0.2, 0.25) is 5.02 Å². The Morgan fingerprint density at radius 2 is 2.21 bits per heavy atom. The first kappa shape index (κ1) is 19.9. The predicted octanol–water partition coefficient (Wildman–Crippen LogP) is 3.43. The van der Waals surface area contributed by atoms with Gasteiger partial charge in [0.05, 0.1) is 18.1 Å². The van der Waals surface area contributed by atoms with Crippen molar-refractivity contribution in [2.24, 2.45) is 5.41 Å². The highest BCUT2D eigenvalue weighted by Gasteiger charge is 2.40. The lowest BCUT2D eigenvalue weighted by Crippen LogP contribution is -2.51. The van der Waals surface area contributed by atoms with Gasteiger partial charge in [-0.15, -0.1) is 24.2 Å². The minimum atomic E-state index is -0.413. The number of ether oxygens (including phenoxy) is 1. The largest absolute Gasteiger partial charge is 0.384 e. The van der Waals surface area contributed by atoms with Crippen molar-refractivity contribution in [3.8, 4) is 0 Å². The second kappa shape index (κ2) is 8.77. The Morgan fingerprint density at radius 1 is 1.46 bits per heavy atom. The maximum atomic E-state index is 13.0. The van der Waals surface area contributed by atoms with Gasteiger partial charge in [0.25, 0.3) is 0 Å². The smallest absolute Gasteiger partial charge is 0.229 e. The van der Waals surface area contributed by atoms with E-state index in [1.807, 2.05) is 23.9 Å². The van der Waals surface area contributed by atoms with E-state index in [1.54, 1.807) is 7.11 Å². The van der Waals surface area contributed by atoms with Crippen molar-refractivity contribution in [1.82, 2.24) is 10.6 Å². The summed E-state index contributed by atoms with van der Waals surface area (Å²) in [7, 11) is 1.67. The molecule has 1 aromatic carbocycles. The Kier molecular flexibility index (Phi) is 7.25. The summed E-state index contributed by atoms with van der Waals surface area (Å²) in [4.78, 5) is 14.2. The average Bonchev–Trinajstić information content (AvgIpc) is 2.56. The van der Waals surface area contributed by atoms with Gasteiger partial charge in [0.15, 0.2) is 0 Å². The lowest BCUT2D eigenvalue weighted by Gasteiger charge is -2.37. The van der Waals surface area contributed by atoms with Gasteiger partial charge in [0, 0.05) is 22.8 Å². The Hall–Kier alpha value is -0.460. The monoisotopic (exact) mass is 390 g/mol. The van der Waals surface area contributed by atoms with Crippen LogP contribution < -0.4 is 10.6 Å². The van der Waals surface area contributed by atoms with E-state index in [9.17, 15) is 4.79 Å². The maximum Gasteiger partial charge on any atom is 0.229 e. The molecule has 2 aliphatic rings. The summed E-state index contributed by atoms with van der Waals surface area (Å²) in [5.41, 5.74) is 0.729. The number of fused-ring (bicyclic) bond motifs is 1. The van der Waals surface area contributed by atoms with Gasteiger partial charge in [0.1, 0.15) is 0 Å². The SMILES string of the molecule is COCC1(C(=O)NC2CCSc3ccc(Cl)cc32)CCNCC1.Cl. The molecule has 1 fully saturated rings. The van der Waals surface area contributed by atoms with Crippen LogP contribution in [0, 0.1) is 5.41 Å². The summed E-state index contributed by atoms with van der Waals surface area (Å²) in [6.45, 7) is 2.20. The van der Waals surface area contributed by atoms with E-state index < -0.39 is 5.41 Å². The Morgan fingerprint density at radius 3 is 2.92 bits per heavy atom. The molecule has 0 radical (unpaired) electrons. The molecule has 2 N–H and O–H groups in total. The van der Waals surface area contributed by atoms with Gasteiger partial charge < -0.3 is 15.4 Å². The van der Waals surface area contributed by atoms with Crippen LogP contribution in [0.25, 0.3) is 0 Å². The first-order valence-corrected chi connectivity index (χ1v) is 9.44. The number of methoxy groups -OCH3 is 1. The molecule has 24 heavy (non-hydrogen) atoms. The van der Waals surface area contributed by atoms with Crippen molar-refractivity contribution < 1.29 is 9.53 Å². The van der Waals surface area contributed by atoms with Gasteiger partial charge in [0.2, 0.25) is 5.91 Å². The fourth-order valence-electron chi connectivity index (χ4n) is 3.45. The minimum Gasteiger partial charge on any atom is -0.384 e. The third-order valence-electron chi connectivity index (χ3n) is 4.78. The van der Waals surface area contributed by atoms with E-state index in [0.717, 1.165) is 48.7 Å². The molecule has 0 bridgehead atoms. The molecule has 0 aromatic heterocycles. The van der Waals surface area contributed by atoms with Crippen molar-refractivity contribution in [3.05, 3.63) is 28.8 Å². The standard InChI is InChI=1S/C17H23ClN2O2S.ClH/c1-22-11-17(5-7-19-8-6-17)16(21)20-14-4-9-23-15-3-2-12(18)10-13(14)15;/h2-3,10,14,19H,4-9,11H2,1H3,(H,20,21);1H. The number of carbonyl (C=O) groups excluding carboxylic acids is 1. The summed E-state index contributed by atoms with van der Waals surface area (Å²) in [6.07, 6.45) is 2.57. The van der Waals surface area contributed by atoms with Gasteiger partial charge >= 0.3 is 0 Å². The fraction of sp³-hybridized carbons (Fsp3) is 0.588. The molecule has 4 nitrogen and oxygen atoms in total. The highest BCUT2D eigenvalue weighted by molar-refractivity contribution is 7.99. The van der Waals surface area contributed by atoms with Crippen LogP contribution in [0.15, 0.2) is 23.1 Å². The van der Waals surface area contributed by atoms with Crippen LogP contribution in [0.5, 0.6) is 0 Å². The zero-order valence-corrected chi connectivity index (χ0v) is 16.2. The summed E-state index contributed by atoms with van der Waals surface area (Å²) >= 11 is 7.98. The molecule has 1 aromatic rings. The zero-order valence-electron chi connectivity index (χ0n) is 13.8. The summed E-state index contributed by atoms with van der Waals surface area (Å²) in [5.74, 6) is 1.13. The number of hydrogen-bond acceptors (Lipinski definition) is 4. The van der Waals surface area contributed by atoms with Crippen LogP contribution in [-0.4, -0.2) is 38.5 Å². The van der Waals surface area contributed by atoms with Crippen molar-refractivity contribution in [2.75, 3.05) is 32.6 Å². The molecule has 2 heterocycles. The highest BCUT2D eigenvalue weighted by Crippen LogP contribution is 2.39. The number of benzene rings is 1. The van der Waals surface area contributed by atoms with Crippen LogP contribution in [0.3, 0.4) is 0 Å². The Bertz CT molecular complexity index is 574. The molecule has 134 valence electrons. The van der Waals surface area contributed by atoms with Crippen LogP contribution in [0.4, 0.5) is 0 Å².